The topological polar surface area (TPSA) is 72.8 Å². The summed E-state index contributed by atoms with van der Waals surface area (Å²) in [6, 6.07) is 2.58. The van der Waals surface area contributed by atoms with Gasteiger partial charge in [0, 0.05) is 6.92 Å². The second-order valence-electron chi connectivity index (χ2n) is 4.06. The second-order valence-corrected chi connectivity index (χ2v) is 4.06. The number of aliphatic carboxylic acids is 1. The highest BCUT2D eigenvalue weighted by molar-refractivity contribution is 5.72. The number of hydrogen-bond donors (Lipinski definition) is 1. The van der Waals surface area contributed by atoms with Gasteiger partial charge in [0.15, 0.2) is 11.5 Å². The lowest BCUT2D eigenvalue weighted by Gasteiger charge is -2.21. The Balaban J connectivity index is 3.21. The Hall–Kier alpha value is -2.39. The van der Waals surface area contributed by atoms with Crippen LogP contribution in [-0.2, 0) is 16.0 Å². The Labute approximate surface area is 120 Å². The number of ether oxygens (including phenoxy) is 2. The van der Waals surface area contributed by atoms with Crippen LogP contribution in [0.1, 0.15) is 12.5 Å². The van der Waals surface area contributed by atoms with Crippen LogP contribution in [0.3, 0.4) is 0 Å². The van der Waals surface area contributed by atoms with Crippen molar-refractivity contribution < 1.29 is 46.1 Å². The van der Waals surface area contributed by atoms with Crippen LogP contribution < -0.4 is 9.47 Å². The molecule has 0 atom stereocenters. The van der Waals surface area contributed by atoms with E-state index in [-0.39, 0.29) is 5.56 Å². The molecule has 0 aliphatic heterocycles. The molecule has 0 aromatic heterocycles. The molecule has 0 aliphatic carbocycles. The summed E-state index contributed by atoms with van der Waals surface area (Å²) in [6.45, 7) is 0.900. The molecule has 1 rings (SSSR count). The van der Waals surface area contributed by atoms with E-state index in [4.69, 9.17) is 5.11 Å². The van der Waals surface area contributed by atoms with Crippen molar-refractivity contribution in [2.75, 3.05) is 0 Å². The Morgan fingerprint density at radius 2 is 1.73 bits per heavy atom. The molecule has 0 amide bonds. The van der Waals surface area contributed by atoms with Crippen molar-refractivity contribution in [1.82, 2.24) is 0 Å². The van der Waals surface area contributed by atoms with Gasteiger partial charge in [0.2, 0.25) is 0 Å². The maximum atomic E-state index is 12.9. The first-order valence-corrected chi connectivity index (χ1v) is 5.59. The molecule has 0 heterocycles. The van der Waals surface area contributed by atoms with Crippen LogP contribution in [0.4, 0.5) is 22.0 Å². The number of benzene rings is 1. The summed E-state index contributed by atoms with van der Waals surface area (Å²) in [6.07, 6.45) is -12.2. The van der Waals surface area contributed by atoms with E-state index in [0.717, 1.165) is 19.1 Å². The Bertz CT molecular complexity index is 582. The minimum atomic E-state index is -6.00. The second kappa shape index (κ2) is 6.16. The molecule has 0 aliphatic rings. The van der Waals surface area contributed by atoms with Gasteiger partial charge in [0.25, 0.3) is 0 Å². The highest BCUT2D eigenvalue weighted by Gasteiger charge is 2.61. The first kappa shape index (κ1) is 17.7. The van der Waals surface area contributed by atoms with E-state index < -0.39 is 42.1 Å². The van der Waals surface area contributed by atoms with E-state index in [1.165, 1.54) is 0 Å². The van der Waals surface area contributed by atoms with Crippen LogP contribution in [0.15, 0.2) is 18.2 Å². The fourth-order valence-electron chi connectivity index (χ4n) is 1.35. The highest BCUT2D eigenvalue weighted by atomic mass is 19.4. The van der Waals surface area contributed by atoms with Gasteiger partial charge in [-0.3, -0.25) is 9.59 Å². The minimum Gasteiger partial charge on any atom is -0.481 e. The number of carboxylic acids is 1. The molecule has 1 N–H and O–H groups in total. The van der Waals surface area contributed by atoms with Gasteiger partial charge in [-0.2, -0.15) is 22.0 Å². The maximum absolute atomic E-state index is 12.9. The lowest BCUT2D eigenvalue weighted by atomic mass is 10.1. The molecule has 0 saturated carbocycles. The first-order chi connectivity index (χ1) is 9.92. The van der Waals surface area contributed by atoms with Crippen LogP contribution in [0.5, 0.6) is 11.5 Å². The Morgan fingerprint density at radius 3 is 2.18 bits per heavy atom. The van der Waals surface area contributed by atoms with E-state index in [9.17, 15) is 31.5 Å². The van der Waals surface area contributed by atoms with Crippen molar-refractivity contribution >= 4 is 11.9 Å². The maximum Gasteiger partial charge on any atom is 0.499 e. The Kier molecular flexibility index (Phi) is 4.94. The Morgan fingerprint density at radius 1 is 1.14 bits per heavy atom. The van der Waals surface area contributed by atoms with Crippen molar-refractivity contribution in [3.05, 3.63) is 23.8 Å². The minimum absolute atomic E-state index is 0.114. The fourth-order valence-corrected chi connectivity index (χ4v) is 1.35. The normalized spacial score (nSPS) is 11.9. The molecule has 0 radical (unpaired) electrons. The monoisotopic (exact) mass is 328 g/mol. The number of esters is 1. The summed E-state index contributed by atoms with van der Waals surface area (Å²) >= 11 is 0. The van der Waals surface area contributed by atoms with E-state index >= 15 is 0 Å². The number of alkyl halides is 5. The molecule has 0 spiro atoms. The predicted octanol–water partition coefficient (Wildman–Crippen LogP) is 2.77. The number of carboxylic acid groups (broad SMARTS) is 1. The van der Waals surface area contributed by atoms with Crippen LogP contribution in [-0.4, -0.2) is 29.3 Å². The van der Waals surface area contributed by atoms with Crippen molar-refractivity contribution in [3.8, 4) is 11.5 Å². The average molecular weight is 328 g/mol. The van der Waals surface area contributed by atoms with Crippen LogP contribution in [0.25, 0.3) is 0 Å². The molecular weight excluding hydrogens is 319 g/mol. The quantitative estimate of drug-likeness (QED) is 0.511. The van der Waals surface area contributed by atoms with Crippen molar-refractivity contribution in [3.63, 3.8) is 0 Å². The molecule has 0 bridgehead atoms. The van der Waals surface area contributed by atoms with E-state index in [0.29, 0.717) is 6.07 Å². The standard InChI is InChI=1S/C12H9F5O5/c1-6(18)21-8-3-2-7(5-10(19)20)4-9(8)22-12(16,17)11(13,14)15/h2-4H,5H2,1H3,(H,19,20). The summed E-state index contributed by atoms with van der Waals surface area (Å²) in [7, 11) is 0. The largest absolute Gasteiger partial charge is 0.499 e. The molecule has 122 valence electrons. The third kappa shape index (κ3) is 4.57. The number of carbonyl (C=O) groups is 2. The third-order valence-corrected chi connectivity index (χ3v) is 2.19. The lowest BCUT2D eigenvalue weighted by Crippen LogP contribution is -2.42. The fraction of sp³-hybridized carbons (Fsp3) is 0.333. The van der Waals surface area contributed by atoms with E-state index in [1.54, 1.807) is 0 Å². The van der Waals surface area contributed by atoms with Crippen molar-refractivity contribution in [2.45, 2.75) is 25.6 Å². The molecular formula is C12H9F5O5. The zero-order valence-corrected chi connectivity index (χ0v) is 10.9. The lowest BCUT2D eigenvalue weighted by molar-refractivity contribution is -0.360. The SMILES string of the molecule is CC(=O)Oc1ccc(CC(=O)O)cc1OC(F)(F)C(F)(F)F. The molecule has 1 aromatic carbocycles. The number of hydrogen-bond acceptors (Lipinski definition) is 4. The predicted molar refractivity (Wildman–Crippen MR) is 60.7 cm³/mol. The average Bonchev–Trinajstić information content (AvgIpc) is 2.29. The molecule has 0 saturated heterocycles. The zero-order chi connectivity index (χ0) is 17.1. The van der Waals surface area contributed by atoms with Crippen molar-refractivity contribution in [2.24, 2.45) is 0 Å². The zero-order valence-electron chi connectivity index (χ0n) is 10.9. The van der Waals surface area contributed by atoms with Crippen LogP contribution >= 0.6 is 0 Å². The van der Waals surface area contributed by atoms with Gasteiger partial charge in [0.1, 0.15) is 0 Å². The van der Waals surface area contributed by atoms with Gasteiger partial charge >= 0.3 is 24.2 Å². The van der Waals surface area contributed by atoms with Crippen molar-refractivity contribution in [1.29, 1.82) is 0 Å². The summed E-state index contributed by atoms with van der Waals surface area (Å²) in [5.74, 6) is -4.11. The van der Waals surface area contributed by atoms with Gasteiger partial charge in [-0.25, -0.2) is 0 Å². The molecule has 5 nitrogen and oxygen atoms in total. The van der Waals surface area contributed by atoms with Gasteiger partial charge < -0.3 is 14.6 Å². The summed E-state index contributed by atoms with van der Waals surface area (Å²) in [4.78, 5) is 21.3. The third-order valence-electron chi connectivity index (χ3n) is 2.19. The van der Waals surface area contributed by atoms with E-state index in [1.807, 2.05) is 0 Å². The number of halogens is 5. The van der Waals surface area contributed by atoms with Crippen LogP contribution in [0, 0.1) is 0 Å². The van der Waals surface area contributed by atoms with Gasteiger partial charge in [-0.1, -0.05) is 6.07 Å². The smallest absolute Gasteiger partial charge is 0.481 e. The highest BCUT2D eigenvalue weighted by Crippen LogP contribution is 2.40. The summed E-state index contributed by atoms with van der Waals surface area (Å²) in [5, 5.41) is 8.58. The summed E-state index contributed by atoms with van der Waals surface area (Å²) in [5.41, 5.74) is -0.114. The molecule has 0 unspecified atom stereocenters. The summed E-state index contributed by atoms with van der Waals surface area (Å²) < 4.78 is 70.3. The van der Waals surface area contributed by atoms with E-state index in [2.05, 4.69) is 9.47 Å². The molecule has 10 heteroatoms. The molecule has 0 fully saturated rings. The number of carbonyl (C=O) groups excluding carboxylic acids is 1. The molecule has 22 heavy (non-hydrogen) atoms. The van der Waals surface area contributed by atoms with Gasteiger partial charge in [-0.15, -0.1) is 0 Å². The van der Waals surface area contributed by atoms with Gasteiger partial charge in [-0.05, 0) is 17.7 Å². The van der Waals surface area contributed by atoms with Gasteiger partial charge in [0.05, 0.1) is 6.42 Å². The first-order valence-electron chi connectivity index (χ1n) is 5.59. The number of rotatable bonds is 5. The molecule has 1 aromatic rings. The van der Waals surface area contributed by atoms with Crippen LogP contribution in [0.2, 0.25) is 0 Å².